The normalized spacial score (nSPS) is 15.6. The second-order valence-corrected chi connectivity index (χ2v) is 6.20. The molecule has 2 aromatic carbocycles. The van der Waals surface area contributed by atoms with Crippen LogP contribution in [0.1, 0.15) is 33.3 Å². The van der Waals surface area contributed by atoms with Crippen molar-refractivity contribution in [3.63, 3.8) is 0 Å². The topological polar surface area (TPSA) is 63.2 Å². The number of carbonyl (C=O) groups excluding carboxylic acids is 1. The number of aromatic nitrogens is 1. The maximum Gasteiger partial charge on any atom is 0.255 e. The second kappa shape index (κ2) is 6.88. The van der Waals surface area contributed by atoms with E-state index < -0.39 is 0 Å². The molecule has 0 radical (unpaired) electrons. The number of benzene rings is 2. The van der Waals surface area contributed by atoms with Gasteiger partial charge in [-0.2, -0.15) is 0 Å². The lowest BCUT2D eigenvalue weighted by molar-refractivity contribution is 0.0935. The van der Waals surface area contributed by atoms with E-state index in [1.807, 2.05) is 67.6 Å². The lowest BCUT2D eigenvalue weighted by Crippen LogP contribution is -2.39. The highest BCUT2D eigenvalue weighted by molar-refractivity contribution is 6.02. The summed E-state index contributed by atoms with van der Waals surface area (Å²) in [6.07, 6.45) is 1.39. The first-order valence-corrected chi connectivity index (χ1v) is 8.51. The first-order valence-electron chi connectivity index (χ1n) is 8.51. The first-order chi connectivity index (χ1) is 12.7. The zero-order valence-corrected chi connectivity index (χ0v) is 14.4. The third-order valence-corrected chi connectivity index (χ3v) is 4.41. The number of amides is 1. The van der Waals surface area contributed by atoms with Gasteiger partial charge in [-0.15, -0.1) is 0 Å². The number of carbonyl (C=O) groups is 1. The molecule has 0 fully saturated rings. The van der Waals surface area contributed by atoms with Crippen LogP contribution in [0.3, 0.4) is 0 Å². The van der Waals surface area contributed by atoms with E-state index >= 15 is 0 Å². The van der Waals surface area contributed by atoms with Gasteiger partial charge < -0.3 is 15.4 Å². The van der Waals surface area contributed by atoms with Crippen LogP contribution >= 0.6 is 0 Å². The summed E-state index contributed by atoms with van der Waals surface area (Å²) >= 11 is 0. The zero-order valence-electron chi connectivity index (χ0n) is 14.4. The van der Waals surface area contributed by atoms with Crippen molar-refractivity contribution in [1.82, 2.24) is 10.3 Å². The molecule has 1 aliphatic heterocycles. The second-order valence-electron chi connectivity index (χ2n) is 6.20. The minimum Gasteiger partial charge on any atom is -0.487 e. The predicted octanol–water partition coefficient (Wildman–Crippen LogP) is 3.82. The molecule has 1 amide bonds. The number of rotatable bonds is 4. The van der Waals surface area contributed by atoms with Crippen molar-refractivity contribution in [2.24, 2.45) is 0 Å². The highest BCUT2D eigenvalue weighted by Gasteiger charge is 2.27. The molecule has 0 saturated heterocycles. The van der Waals surface area contributed by atoms with Crippen LogP contribution in [0, 0.1) is 6.92 Å². The lowest BCUT2D eigenvalue weighted by atomic mass is 10.0. The summed E-state index contributed by atoms with van der Waals surface area (Å²) in [5, 5.41) is 6.43. The van der Waals surface area contributed by atoms with Crippen molar-refractivity contribution in [3.05, 3.63) is 89.2 Å². The third-order valence-electron chi connectivity index (χ3n) is 4.41. The number of hydrogen-bond acceptors (Lipinski definition) is 4. The summed E-state index contributed by atoms with van der Waals surface area (Å²) in [6.45, 7) is 2.36. The summed E-state index contributed by atoms with van der Waals surface area (Å²) in [4.78, 5) is 16.8. The molecule has 1 aliphatic rings. The largest absolute Gasteiger partial charge is 0.487 e. The molecule has 0 spiro atoms. The number of para-hydroxylation sites is 2. The van der Waals surface area contributed by atoms with E-state index in [1.54, 1.807) is 6.20 Å². The molecule has 130 valence electrons. The summed E-state index contributed by atoms with van der Waals surface area (Å²) < 4.78 is 5.98. The van der Waals surface area contributed by atoms with Crippen LogP contribution in [0.5, 0.6) is 5.75 Å². The molecular formula is C21H19N3O2. The fourth-order valence-corrected chi connectivity index (χ4v) is 3.08. The lowest BCUT2D eigenvalue weighted by Gasteiger charge is -2.30. The molecule has 0 bridgehead atoms. The number of pyridine rings is 1. The Kier molecular flexibility index (Phi) is 4.27. The van der Waals surface area contributed by atoms with Gasteiger partial charge in [0, 0.05) is 11.8 Å². The monoisotopic (exact) mass is 345 g/mol. The average Bonchev–Trinajstić information content (AvgIpc) is 2.68. The summed E-state index contributed by atoms with van der Waals surface area (Å²) in [5.41, 5.74) is 4.29. The first kappa shape index (κ1) is 16.1. The Labute approximate surface area is 152 Å². The summed E-state index contributed by atoms with van der Waals surface area (Å²) in [6, 6.07) is 19.1. The van der Waals surface area contributed by atoms with Gasteiger partial charge in [-0.1, -0.05) is 36.4 Å². The van der Waals surface area contributed by atoms with E-state index in [1.165, 1.54) is 0 Å². The molecule has 2 N–H and O–H groups in total. The fourth-order valence-electron chi connectivity index (χ4n) is 3.08. The highest BCUT2D eigenvalue weighted by atomic mass is 16.5. The van der Waals surface area contributed by atoms with Gasteiger partial charge in [-0.3, -0.25) is 9.78 Å². The smallest absolute Gasteiger partial charge is 0.255 e. The molecule has 0 aliphatic carbocycles. The third kappa shape index (κ3) is 3.11. The van der Waals surface area contributed by atoms with Crippen LogP contribution in [0.25, 0.3) is 0 Å². The summed E-state index contributed by atoms with van der Waals surface area (Å²) in [5.74, 6) is 0.625. The number of anilines is 1. The predicted molar refractivity (Wildman–Crippen MR) is 100 cm³/mol. The van der Waals surface area contributed by atoms with Gasteiger partial charge in [-0.25, -0.2) is 0 Å². The Morgan fingerprint density at radius 1 is 1.00 bits per heavy atom. The van der Waals surface area contributed by atoms with Crippen molar-refractivity contribution in [2.45, 2.75) is 19.7 Å². The summed E-state index contributed by atoms with van der Waals surface area (Å²) in [7, 11) is 0. The van der Waals surface area contributed by atoms with E-state index in [-0.39, 0.29) is 12.1 Å². The standard InChI is InChI=1S/C21H19N3O2/c1-14-7-6-10-17-19(14)23-20(24-21(17)25)16-9-2-3-11-18(16)26-13-15-8-4-5-12-22-15/h2-12,20,23H,13H2,1H3,(H,24,25). The van der Waals surface area contributed by atoms with E-state index in [9.17, 15) is 4.79 Å². The molecular weight excluding hydrogens is 326 g/mol. The Hall–Kier alpha value is -3.34. The fraction of sp³-hybridized carbons (Fsp3) is 0.143. The van der Waals surface area contributed by atoms with Crippen LogP contribution in [-0.2, 0) is 6.61 Å². The van der Waals surface area contributed by atoms with Gasteiger partial charge in [0.15, 0.2) is 0 Å². The number of fused-ring (bicyclic) bond motifs is 1. The van der Waals surface area contributed by atoms with Crippen molar-refractivity contribution in [1.29, 1.82) is 0 Å². The van der Waals surface area contributed by atoms with Gasteiger partial charge in [0.1, 0.15) is 18.5 Å². The maximum atomic E-state index is 12.5. The highest BCUT2D eigenvalue weighted by Crippen LogP contribution is 2.33. The quantitative estimate of drug-likeness (QED) is 0.754. The van der Waals surface area contributed by atoms with Crippen LogP contribution in [0.15, 0.2) is 66.9 Å². The van der Waals surface area contributed by atoms with Crippen molar-refractivity contribution < 1.29 is 9.53 Å². The SMILES string of the molecule is Cc1cccc2c1NC(c1ccccc1OCc1ccccn1)NC2=O. The number of nitrogens with zero attached hydrogens (tertiary/aromatic N) is 1. The Morgan fingerprint density at radius 2 is 1.85 bits per heavy atom. The molecule has 1 atom stereocenters. The van der Waals surface area contributed by atoms with Crippen LogP contribution in [-0.4, -0.2) is 10.9 Å². The van der Waals surface area contributed by atoms with Crippen molar-refractivity contribution in [2.75, 3.05) is 5.32 Å². The number of aryl methyl sites for hydroxylation is 1. The number of hydrogen-bond donors (Lipinski definition) is 2. The Balaban J connectivity index is 1.61. The molecule has 1 aromatic heterocycles. The Bertz CT molecular complexity index is 941. The van der Waals surface area contributed by atoms with E-state index in [0.717, 1.165) is 22.5 Å². The Morgan fingerprint density at radius 3 is 2.69 bits per heavy atom. The van der Waals surface area contributed by atoms with E-state index in [2.05, 4.69) is 15.6 Å². The van der Waals surface area contributed by atoms with Gasteiger partial charge in [0.05, 0.1) is 16.9 Å². The van der Waals surface area contributed by atoms with E-state index in [4.69, 9.17) is 4.74 Å². The average molecular weight is 345 g/mol. The molecule has 2 heterocycles. The van der Waals surface area contributed by atoms with Gasteiger partial charge in [0.2, 0.25) is 0 Å². The van der Waals surface area contributed by atoms with Gasteiger partial charge in [-0.05, 0) is 36.8 Å². The minimum atomic E-state index is -0.351. The molecule has 0 saturated carbocycles. The molecule has 4 rings (SSSR count). The number of nitrogens with one attached hydrogen (secondary N) is 2. The maximum absolute atomic E-state index is 12.5. The zero-order chi connectivity index (χ0) is 17.9. The molecule has 5 heteroatoms. The number of ether oxygens (including phenoxy) is 1. The van der Waals surface area contributed by atoms with Crippen LogP contribution in [0.2, 0.25) is 0 Å². The molecule has 1 unspecified atom stereocenters. The molecule has 26 heavy (non-hydrogen) atoms. The van der Waals surface area contributed by atoms with Gasteiger partial charge in [0.25, 0.3) is 5.91 Å². The van der Waals surface area contributed by atoms with Gasteiger partial charge >= 0.3 is 0 Å². The van der Waals surface area contributed by atoms with E-state index in [0.29, 0.717) is 17.9 Å². The minimum absolute atomic E-state index is 0.0908. The van der Waals surface area contributed by atoms with Crippen LogP contribution in [0.4, 0.5) is 5.69 Å². The molecule has 3 aromatic rings. The van der Waals surface area contributed by atoms with Crippen molar-refractivity contribution >= 4 is 11.6 Å². The van der Waals surface area contributed by atoms with Crippen LogP contribution < -0.4 is 15.4 Å². The molecule has 5 nitrogen and oxygen atoms in total. The van der Waals surface area contributed by atoms with Crippen molar-refractivity contribution in [3.8, 4) is 5.75 Å².